The van der Waals surface area contributed by atoms with Crippen LogP contribution in [0.5, 0.6) is 0 Å². The summed E-state index contributed by atoms with van der Waals surface area (Å²) in [5.74, 6) is -1.79. The lowest BCUT2D eigenvalue weighted by molar-refractivity contribution is 0.141. The largest absolute Gasteiger partial charge is 0.389 e. The van der Waals surface area contributed by atoms with Crippen molar-refractivity contribution < 1.29 is 18.3 Å². The van der Waals surface area contributed by atoms with Crippen molar-refractivity contribution in [2.75, 3.05) is 25.0 Å². The number of likely N-dealkylation sites (N-methyl/N-ethyl adjacent to an activating group) is 1. The smallest absolute Gasteiger partial charge is 0.126 e. The minimum atomic E-state index is -0.912. The maximum absolute atomic E-state index is 13.7. The van der Waals surface area contributed by atoms with Crippen molar-refractivity contribution in [3.63, 3.8) is 0 Å². The molecule has 1 aliphatic rings. The average Bonchev–Trinajstić information content (AvgIpc) is 2.90. The predicted molar refractivity (Wildman–Crippen MR) is 86.5 cm³/mol. The molecule has 0 aromatic heterocycles. The predicted octanol–water partition coefficient (Wildman–Crippen LogP) is 2.79. The number of nitrogens with one attached hydrogen (secondary N) is 1. The molecule has 0 radical (unpaired) electrons. The second kappa shape index (κ2) is 6.83. The molecule has 0 amide bonds. The molecule has 1 heterocycles. The lowest BCUT2D eigenvalue weighted by Crippen LogP contribution is -2.40. The summed E-state index contributed by atoms with van der Waals surface area (Å²) in [7, 11) is 1.68. The van der Waals surface area contributed by atoms with Gasteiger partial charge in [-0.15, -0.1) is 0 Å². The first-order valence-electron chi connectivity index (χ1n) is 7.83. The van der Waals surface area contributed by atoms with Gasteiger partial charge < -0.3 is 15.3 Å². The lowest BCUT2D eigenvalue weighted by atomic mass is 9.98. The van der Waals surface area contributed by atoms with Gasteiger partial charge in [-0.25, -0.2) is 13.2 Å². The van der Waals surface area contributed by atoms with Crippen molar-refractivity contribution in [3.8, 4) is 0 Å². The van der Waals surface area contributed by atoms with Crippen LogP contribution in [0.2, 0.25) is 0 Å². The summed E-state index contributed by atoms with van der Waals surface area (Å²) in [5.41, 5.74) is 1.93. The molecule has 0 aliphatic carbocycles. The van der Waals surface area contributed by atoms with E-state index in [9.17, 15) is 18.3 Å². The van der Waals surface area contributed by atoms with Crippen LogP contribution in [0.15, 0.2) is 36.4 Å². The van der Waals surface area contributed by atoms with Crippen LogP contribution in [-0.2, 0) is 6.42 Å². The topological polar surface area (TPSA) is 35.5 Å². The number of benzene rings is 2. The van der Waals surface area contributed by atoms with Crippen molar-refractivity contribution in [1.29, 1.82) is 0 Å². The molecule has 0 bridgehead atoms. The van der Waals surface area contributed by atoms with Gasteiger partial charge in [0, 0.05) is 24.8 Å². The van der Waals surface area contributed by atoms with Gasteiger partial charge in [0.15, 0.2) is 0 Å². The van der Waals surface area contributed by atoms with Crippen molar-refractivity contribution in [2.45, 2.75) is 18.6 Å². The highest BCUT2D eigenvalue weighted by molar-refractivity contribution is 5.60. The van der Waals surface area contributed by atoms with Gasteiger partial charge in [-0.05, 0) is 48.9 Å². The summed E-state index contributed by atoms with van der Waals surface area (Å²) in [5, 5.41) is 13.4. The number of aliphatic hydroxyl groups is 1. The summed E-state index contributed by atoms with van der Waals surface area (Å²) in [4.78, 5) is 1.81. The molecule has 2 atom stereocenters. The zero-order valence-electron chi connectivity index (χ0n) is 13.3. The first-order valence-corrected chi connectivity index (χ1v) is 7.83. The molecule has 6 heteroatoms. The molecule has 128 valence electrons. The Kier molecular flexibility index (Phi) is 4.78. The van der Waals surface area contributed by atoms with Gasteiger partial charge in [-0.2, -0.15) is 0 Å². The minimum absolute atomic E-state index is 0.240. The molecule has 2 N–H and O–H groups in total. The summed E-state index contributed by atoms with van der Waals surface area (Å²) in [6.45, 7) is 0.784. The Balaban J connectivity index is 2.05. The third kappa shape index (κ3) is 3.25. The molecule has 2 aromatic carbocycles. The van der Waals surface area contributed by atoms with E-state index >= 15 is 0 Å². The second-order valence-corrected chi connectivity index (χ2v) is 5.99. The van der Waals surface area contributed by atoms with Crippen LogP contribution in [0.25, 0.3) is 0 Å². The van der Waals surface area contributed by atoms with E-state index in [1.54, 1.807) is 13.1 Å². The Labute approximate surface area is 138 Å². The highest BCUT2D eigenvalue weighted by Crippen LogP contribution is 2.37. The van der Waals surface area contributed by atoms with Crippen LogP contribution in [0, 0.1) is 17.5 Å². The number of halogens is 3. The number of fused-ring (bicyclic) bond motifs is 1. The fraction of sp³-hybridized carbons (Fsp3) is 0.333. The minimum Gasteiger partial charge on any atom is -0.389 e. The van der Waals surface area contributed by atoms with Crippen LogP contribution < -0.4 is 10.2 Å². The van der Waals surface area contributed by atoms with Crippen molar-refractivity contribution in [1.82, 2.24) is 5.32 Å². The number of aliphatic hydroxyl groups excluding tert-OH is 1. The Morgan fingerprint density at radius 2 is 1.79 bits per heavy atom. The summed E-state index contributed by atoms with van der Waals surface area (Å²) < 4.78 is 41.0. The van der Waals surface area contributed by atoms with E-state index in [1.165, 1.54) is 24.3 Å². The third-order valence-electron chi connectivity index (χ3n) is 4.32. The Morgan fingerprint density at radius 1 is 1.08 bits per heavy atom. The average molecular weight is 336 g/mol. The molecule has 3 nitrogen and oxygen atoms in total. The molecular formula is C18H19F3N2O. The first-order chi connectivity index (χ1) is 11.5. The zero-order valence-corrected chi connectivity index (χ0v) is 13.3. The number of hydrogen-bond acceptors (Lipinski definition) is 3. The fourth-order valence-corrected chi connectivity index (χ4v) is 3.34. The lowest BCUT2D eigenvalue weighted by Gasteiger charge is -2.34. The summed E-state index contributed by atoms with van der Waals surface area (Å²) in [6.07, 6.45) is -0.221. The van der Waals surface area contributed by atoms with E-state index in [0.29, 0.717) is 24.2 Å². The third-order valence-corrected chi connectivity index (χ3v) is 4.32. The van der Waals surface area contributed by atoms with E-state index in [-0.39, 0.29) is 12.4 Å². The van der Waals surface area contributed by atoms with Crippen LogP contribution in [0.3, 0.4) is 0 Å². The monoisotopic (exact) mass is 336 g/mol. The molecule has 1 aliphatic heterocycles. The van der Waals surface area contributed by atoms with Gasteiger partial charge >= 0.3 is 0 Å². The highest BCUT2D eigenvalue weighted by Gasteiger charge is 2.33. The fourth-order valence-electron chi connectivity index (χ4n) is 3.34. The first kappa shape index (κ1) is 16.8. The van der Waals surface area contributed by atoms with Crippen molar-refractivity contribution in [3.05, 3.63) is 65.0 Å². The Morgan fingerprint density at radius 3 is 2.46 bits per heavy atom. The number of hydrogen-bond donors (Lipinski definition) is 2. The number of nitrogens with zero attached hydrogens (tertiary/aromatic N) is 1. The van der Waals surface area contributed by atoms with Crippen LogP contribution in [0.1, 0.15) is 17.2 Å². The van der Waals surface area contributed by atoms with Gasteiger partial charge in [0.25, 0.3) is 0 Å². The van der Waals surface area contributed by atoms with E-state index < -0.39 is 23.8 Å². The number of anilines is 1. The van der Waals surface area contributed by atoms with E-state index in [4.69, 9.17) is 0 Å². The standard InChI is InChI=1S/C18H19F3N2O/c1-22-10-17(24)18(12-6-14(20)8-15(21)7-12)23-5-4-11-2-3-13(19)9-16(11)23/h2-3,6-9,17-18,22,24H,4-5,10H2,1H3. The van der Waals surface area contributed by atoms with Gasteiger partial charge in [0.1, 0.15) is 17.5 Å². The van der Waals surface area contributed by atoms with E-state index in [2.05, 4.69) is 5.32 Å². The van der Waals surface area contributed by atoms with Gasteiger partial charge in [0.05, 0.1) is 12.1 Å². The van der Waals surface area contributed by atoms with E-state index in [1.807, 2.05) is 4.90 Å². The molecular weight excluding hydrogens is 317 g/mol. The molecule has 2 unspecified atom stereocenters. The summed E-state index contributed by atoms with van der Waals surface area (Å²) >= 11 is 0. The van der Waals surface area contributed by atoms with Crippen LogP contribution in [0.4, 0.5) is 18.9 Å². The van der Waals surface area contributed by atoms with Gasteiger partial charge in [0.2, 0.25) is 0 Å². The molecule has 0 spiro atoms. The molecule has 3 rings (SSSR count). The second-order valence-electron chi connectivity index (χ2n) is 5.99. The quantitative estimate of drug-likeness (QED) is 0.881. The molecule has 2 aromatic rings. The number of rotatable bonds is 5. The Bertz CT molecular complexity index is 718. The van der Waals surface area contributed by atoms with Crippen LogP contribution in [-0.4, -0.2) is 31.3 Å². The molecule has 24 heavy (non-hydrogen) atoms. The zero-order chi connectivity index (χ0) is 17.3. The molecule has 0 saturated heterocycles. The van der Waals surface area contributed by atoms with E-state index in [0.717, 1.165) is 11.6 Å². The van der Waals surface area contributed by atoms with Crippen molar-refractivity contribution >= 4 is 5.69 Å². The van der Waals surface area contributed by atoms with Crippen molar-refractivity contribution in [2.24, 2.45) is 0 Å². The molecule has 0 fully saturated rings. The maximum atomic E-state index is 13.7. The Hall–Kier alpha value is -2.05. The van der Waals surface area contributed by atoms with Gasteiger partial charge in [-0.3, -0.25) is 0 Å². The van der Waals surface area contributed by atoms with Gasteiger partial charge in [-0.1, -0.05) is 6.07 Å². The SMILES string of the molecule is CNCC(O)C(c1cc(F)cc(F)c1)N1CCc2ccc(F)cc21. The van der Waals surface area contributed by atoms with Crippen LogP contribution >= 0.6 is 0 Å². The normalized spacial score (nSPS) is 16.1. The highest BCUT2D eigenvalue weighted by atomic mass is 19.1. The molecule has 0 saturated carbocycles. The maximum Gasteiger partial charge on any atom is 0.126 e. The summed E-state index contributed by atoms with van der Waals surface area (Å²) in [6, 6.07) is 7.04.